The Morgan fingerprint density at radius 2 is 1.72 bits per heavy atom. The number of carbonyl (C=O) groups excluding carboxylic acids is 2. The van der Waals surface area contributed by atoms with Crippen LogP contribution in [0.2, 0.25) is 0 Å². The second kappa shape index (κ2) is 10.00. The third-order valence-corrected chi connectivity index (χ3v) is 5.27. The highest BCUT2D eigenvalue weighted by atomic mass is 16.5. The van der Waals surface area contributed by atoms with Crippen LogP contribution in [-0.2, 0) is 27.8 Å². The molecule has 0 unspecified atom stereocenters. The van der Waals surface area contributed by atoms with Crippen molar-refractivity contribution in [2.45, 2.75) is 32.8 Å². The maximum atomic E-state index is 12.9. The average molecular weight is 437 g/mol. The largest absolute Gasteiger partial charge is 0.496 e. The number of aryl methyl sites for hydroxylation is 1. The molecule has 3 rings (SSSR count). The van der Waals surface area contributed by atoms with E-state index in [1.165, 1.54) is 11.6 Å². The van der Waals surface area contributed by atoms with E-state index in [1.807, 2.05) is 42.5 Å². The van der Waals surface area contributed by atoms with Crippen LogP contribution >= 0.6 is 0 Å². The van der Waals surface area contributed by atoms with Crippen LogP contribution in [-0.4, -0.2) is 34.5 Å². The lowest BCUT2D eigenvalue weighted by molar-refractivity contribution is -0.153. The lowest BCUT2D eigenvalue weighted by Crippen LogP contribution is -2.32. The van der Waals surface area contributed by atoms with Gasteiger partial charge in [-0.1, -0.05) is 36.4 Å². The second-order valence-electron chi connectivity index (χ2n) is 7.37. The number of methoxy groups -OCH3 is 1. The van der Waals surface area contributed by atoms with Crippen LogP contribution in [0.5, 0.6) is 5.75 Å². The summed E-state index contributed by atoms with van der Waals surface area (Å²) in [4.78, 5) is 37.8. The molecule has 1 N–H and O–H groups in total. The number of hydrogen-bond acceptors (Lipinski definition) is 5. The van der Waals surface area contributed by atoms with E-state index in [4.69, 9.17) is 9.47 Å². The molecule has 0 spiro atoms. The number of esters is 1. The molecule has 32 heavy (non-hydrogen) atoms. The van der Waals surface area contributed by atoms with E-state index in [9.17, 15) is 14.4 Å². The molecular formula is C24H27N3O5. The van der Waals surface area contributed by atoms with Gasteiger partial charge in [0.2, 0.25) is 0 Å². The quantitative estimate of drug-likeness (QED) is 0.547. The predicted octanol–water partition coefficient (Wildman–Crippen LogP) is 3.00. The first-order chi connectivity index (χ1) is 15.3. The lowest BCUT2D eigenvalue weighted by atomic mass is 10.1. The SMILES string of the molecule is COc1ccccc1CCC(=O)O[C@@H](C)C(=O)Nc1c(C)n(C)n(-c2ccccc2)c1=O. The molecule has 1 aromatic heterocycles. The molecule has 168 valence electrons. The predicted molar refractivity (Wildman–Crippen MR) is 121 cm³/mol. The molecule has 1 atom stereocenters. The Balaban J connectivity index is 1.65. The normalized spacial score (nSPS) is 11.6. The van der Waals surface area contributed by atoms with Crippen molar-refractivity contribution in [2.75, 3.05) is 12.4 Å². The summed E-state index contributed by atoms with van der Waals surface area (Å²) in [5, 5.41) is 2.62. The van der Waals surface area contributed by atoms with Gasteiger partial charge in [-0.25, -0.2) is 4.68 Å². The minimum atomic E-state index is -1.05. The lowest BCUT2D eigenvalue weighted by Gasteiger charge is -2.13. The van der Waals surface area contributed by atoms with Crippen LogP contribution < -0.4 is 15.6 Å². The summed E-state index contributed by atoms with van der Waals surface area (Å²) in [6.07, 6.45) is -0.524. The Bertz CT molecular complexity index is 1160. The zero-order valence-electron chi connectivity index (χ0n) is 18.6. The third-order valence-electron chi connectivity index (χ3n) is 5.27. The smallest absolute Gasteiger partial charge is 0.306 e. The maximum Gasteiger partial charge on any atom is 0.306 e. The first-order valence-corrected chi connectivity index (χ1v) is 10.3. The first-order valence-electron chi connectivity index (χ1n) is 10.3. The molecule has 0 bridgehead atoms. The van der Waals surface area contributed by atoms with Crippen molar-refractivity contribution in [2.24, 2.45) is 7.05 Å². The van der Waals surface area contributed by atoms with Crippen LogP contribution in [0.4, 0.5) is 5.69 Å². The van der Waals surface area contributed by atoms with Crippen molar-refractivity contribution < 1.29 is 19.1 Å². The van der Waals surface area contributed by atoms with Crippen molar-refractivity contribution in [3.05, 3.63) is 76.2 Å². The number of nitrogens with zero attached hydrogens (tertiary/aromatic N) is 2. The highest BCUT2D eigenvalue weighted by molar-refractivity contribution is 5.95. The molecule has 0 aliphatic rings. The number of amides is 1. The standard InChI is InChI=1S/C24H27N3O5/c1-16-22(24(30)27(26(16)3)19-11-6-5-7-12-19)25-23(29)17(2)32-21(28)15-14-18-10-8-9-13-20(18)31-4/h5-13,17H,14-15H2,1-4H3,(H,25,29)/t17-/m0/s1. The fourth-order valence-corrected chi connectivity index (χ4v) is 3.39. The van der Waals surface area contributed by atoms with Crippen molar-refractivity contribution >= 4 is 17.6 Å². The molecular weight excluding hydrogens is 410 g/mol. The van der Waals surface area contributed by atoms with E-state index < -0.39 is 18.0 Å². The molecule has 2 aromatic carbocycles. The van der Waals surface area contributed by atoms with Gasteiger partial charge in [-0.2, -0.15) is 0 Å². The summed E-state index contributed by atoms with van der Waals surface area (Å²) in [5.41, 5.74) is 1.93. The summed E-state index contributed by atoms with van der Waals surface area (Å²) >= 11 is 0. The third kappa shape index (κ3) is 4.91. The van der Waals surface area contributed by atoms with Gasteiger partial charge < -0.3 is 14.8 Å². The van der Waals surface area contributed by atoms with Crippen LogP contribution in [0.25, 0.3) is 5.69 Å². The van der Waals surface area contributed by atoms with Crippen molar-refractivity contribution in [1.82, 2.24) is 9.36 Å². The molecule has 0 fully saturated rings. The van der Waals surface area contributed by atoms with Gasteiger partial charge in [-0.15, -0.1) is 0 Å². The molecule has 8 heteroatoms. The zero-order valence-corrected chi connectivity index (χ0v) is 18.6. The Kier molecular flexibility index (Phi) is 7.14. The Morgan fingerprint density at radius 3 is 2.41 bits per heavy atom. The second-order valence-corrected chi connectivity index (χ2v) is 7.37. The van der Waals surface area contributed by atoms with E-state index >= 15 is 0 Å². The minimum Gasteiger partial charge on any atom is -0.496 e. The van der Waals surface area contributed by atoms with Gasteiger partial charge in [-0.05, 0) is 44.0 Å². The Hall–Kier alpha value is -3.81. The van der Waals surface area contributed by atoms with Gasteiger partial charge in [0.05, 0.1) is 18.5 Å². The maximum absolute atomic E-state index is 12.9. The number of ether oxygens (including phenoxy) is 2. The number of benzene rings is 2. The van der Waals surface area contributed by atoms with Gasteiger partial charge in [0.25, 0.3) is 11.5 Å². The molecule has 0 radical (unpaired) electrons. The minimum absolute atomic E-state index is 0.100. The van der Waals surface area contributed by atoms with E-state index in [2.05, 4.69) is 5.32 Å². The highest BCUT2D eigenvalue weighted by Gasteiger charge is 2.23. The topological polar surface area (TPSA) is 91.6 Å². The van der Waals surface area contributed by atoms with Crippen LogP contribution in [0, 0.1) is 6.92 Å². The Morgan fingerprint density at radius 1 is 1.06 bits per heavy atom. The number of rotatable bonds is 8. The monoisotopic (exact) mass is 437 g/mol. The van der Waals surface area contributed by atoms with Crippen molar-refractivity contribution in [3.63, 3.8) is 0 Å². The van der Waals surface area contributed by atoms with E-state index in [0.29, 0.717) is 23.6 Å². The number of anilines is 1. The Labute approximate surface area is 186 Å². The van der Waals surface area contributed by atoms with Crippen LogP contribution in [0.1, 0.15) is 24.6 Å². The molecule has 0 saturated heterocycles. The van der Waals surface area contributed by atoms with Gasteiger partial charge in [0, 0.05) is 13.5 Å². The molecule has 0 aliphatic heterocycles. The highest BCUT2D eigenvalue weighted by Crippen LogP contribution is 2.19. The fraction of sp³-hybridized carbons (Fsp3) is 0.292. The number of hydrogen-bond donors (Lipinski definition) is 1. The van der Waals surface area contributed by atoms with E-state index in [0.717, 1.165) is 5.56 Å². The molecule has 8 nitrogen and oxygen atoms in total. The van der Waals surface area contributed by atoms with Gasteiger partial charge in [0.15, 0.2) is 6.10 Å². The summed E-state index contributed by atoms with van der Waals surface area (Å²) in [6, 6.07) is 16.5. The number of aromatic nitrogens is 2. The van der Waals surface area contributed by atoms with Crippen molar-refractivity contribution in [1.29, 1.82) is 0 Å². The molecule has 1 amide bonds. The molecule has 3 aromatic rings. The van der Waals surface area contributed by atoms with Crippen LogP contribution in [0.3, 0.4) is 0 Å². The van der Waals surface area contributed by atoms with Gasteiger partial charge >= 0.3 is 5.97 Å². The number of para-hydroxylation sites is 2. The number of nitrogens with one attached hydrogen (secondary N) is 1. The summed E-state index contributed by atoms with van der Waals surface area (Å²) in [5.74, 6) is -0.382. The summed E-state index contributed by atoms with van der Waals surface area (Å²) in [6.45, 7) is 3.21. The average Bonchev–Trinajstić information content (AvgIpc) is 3.01. The zero-order chi connectivity index (χ0) is 23.3. The van der Waals surface area contributed by atoms with Gasteiger partial charge in [0.1, 0.15) is 11.4 Å². The fourth-order valence-electron chi connectivity index (χ4n) is 3.39. The van der Waals surface area contributed by atoms with Crippen LogP contribution in [0.15, 0.2) is 59.4 Å². The van der Waals surface area contributed by atoms with E-state index in [1.54, 1.807) is 37.9 Å². The molecule has 0 saturated carbocycles. The molecule has 0 aliphatic carbocycles. The van der Waals surface area contributed by atoms with Gasteiger partial charge in [-0.3, -0.25) is 19.1 Å². The first kappa shape index (κ1) is 22.9. The number of carbonyl (C=O) groups is 2. The van der Waals surface area contributed by atoms with Crippen molar-refractivity contribution in [3.8, 4) is 11.4 Å². The van der Waals surface area contributed by atoms with E-state index in [-0.39, 0.29) is 17.7 Å². The summed E-state index contributed by atoms with van der Waals surface area (Å²) in [7, 11) is 3.31. The molecule has 1 heterocycles. The summed E-state index contributed by atoms with van der Waals surface area (Å²) < 4.78 is 13.7.